The van der Waals surface area contributed by atoms with Crippen LogP contribution in [0.2, 0.25) is 5.02 Å². The van der Waals surface area contributed by atoms with Crippen molar-refractivity contribution >= 4 is 27.5 Å². The standard InChI is InChI=1S/C13H16ClN3O2S/c1-10-3-2-6-17(9-10)20(18,19)16-13-7-12(14)5-4-11(13)8-15/h4-5,7,10,16H,2-3,6,9H2,1H3. The van der Waals surface area contributed by atoms with Crippen molar-refractivity contribution in [2.24, 2.45) is 5.92 Å². The average molecular weight is 314 g/mol. The van der Waals surface area contributed by atoms with Gasteiger partial charge in [0.1, 0.15) is 6.07 Å². The quantitative estimate of drug-likeness (QED) is 0.932. The van der Waals surface area contributed by atoms with E-state index in [-0.39, 0.29) is 11.3 Å². The normalized spacial score (nSPS) is 20.4. The van der Waals surface area contributed by atoms with Crippen LogP contribution >= 0.6 is 11.6 Å². The Balaban J connectivity index is 2.24. The molecule has 7 heteroatoms. The molecule has 1 aliphatic heterocycles. The number of piperidine rings is 1. The molecule has 1 fully saturated rings. The molecule has 1 heterocycles. The van der Waals surface area contributed by atoms with E-state index in [1.807, 2.05) is 13.0 Å². The van der Waals surface area contributed by atoms with Gasteiger partial charge in [-0.05, 0) is 37.0 Å². The van der Waals surface area contributed by atoms with E-state index in [0.29, 0.717) is 24.0 Å². The van der Waals surface area contributed by atoms with E-state index in [4.69, 9.17) is 16.9 Å². The third-order valence-electron chi connectivity index (χ3n) is 3.30. The van der Waals surface area contributed by atoms with Crippen LogP contribution < -0.4 is 4.72 Å². The summed E-state index contributed by atoms with van der Waals surface area (Å²) < 4.78 is 28.6. The fourth-order valence-electron chi connectivity index (χ4n) is 2.27. The molecule has 1 N–H and O–H groups in total. The number of hydrogen-bond donors (Lipinski definition) is 1. The van der Waals surface area contributed by atoms with Crippen molar-refractivity contribution in [3.63, 3.8) is 0 Å². The van der Waals surface area contributed by atoms with Gasteiger partial charge in [-0.1, -0.05) is 18.5 Å². The minimum absolute atomic E-state index is 0.221. The first kappa shape index (κ1) is 15.1. The van der Waals surface area contributed by atoms with E-state index in [2.05, 4.69) is 4.72 Å². The first-order valence-corrected chi connectivity index (χ1v) is 8.21. The predicted molar refractivity (Wildman–Crippen MR) is 78.7 cm³/mol. The van der Waals surface area contributed by atoms with Crippen molar-refractivity contribution in [2.75, 3.05) is 17.8 Å². The Kier molecular flexibility index (Phi) is 4.53. The fraction of sp³-hybridized carbons (Fsp3) is 0.462. The molecule has 1 aromatic rings. The number of nitrogens with one attached hydrogen (secondary N) is 1. The van der Waals surface area contributed by atoms with Gasteiger partial charge in [-0.25, -0.2) is 0 Å². The van der Waals surface area contributed by atoms with E-state index in [1.54, 1.807) is 6.07 Å². The van der Waals surface area contributed by atoms with Gasteiger partial charge < -0.3 is 0 Å². The summed E-state index contributed by atoms with van der Waals surface area (Å²) in [6, 6.07) is 6.46. The lowest BCUT2D eigenvalue weighted by Crippen LogP contribution is -2.42. The molecule has 2 rings (SSSR count). The maximum absolute atomic E-state index is 12.3. The van der Waals surface area contributed by atoms with Gasteiger partial charge in [0, 0.05) is 18.1 Å². The summed E-state index contributed by atoms with van der Waals surface area (Å²) in [4.78, 5) is 0. The molecule has 20 heavy (non-hydrogen) atoms. The minimum Gasteiger partial charge on any atom is -0.270 e. The molecule has 5 nitrogen and oxygen atoms in total. The highest BCUT2D eigenvalue weighted by Crippen LogP contribution is 2.24. The first-order chi connectivity index (χ1) is 9.42. The monoisotopic (exact) mass is 313 g/mol. The molecule has 0 saturated carbocycles. The average Bonchev–Trinajstić information content (AvgIpc) is 2.38. The second-order valence-corrected chi connectivity index (χ2v) is 7.12. The fourth-order valence-corrected chi connectivity index (χ4v) is 3.83. The van der Waals surface area contributed by atoms with Crippen LogP contribution in [0.15, 0.2) is 18.2 Å². The zero-order valence-electron chi connectivity index (χ0n) is 11.1. The van der Waals surface area contributed by atoms with Crippen molar-refractivity contribution < 1.29 is 8.42 Å². The second-order valence-electron chi connectivity index (χ2n) is 5.01. The number of benzene rings is 1. The molecule has 1 aromatic carbocycles. The summed E-state index contributed by atoms with van der Waals surface area (Å²) in [6.45, 7) is 3.03. The van der Waals surface area contributed by atoms with Crippen molar-refractivity contribution in [2.45, 2.75) is 19.8 Å². The van der Waals surface area contributed by atoms with E-state index >= 15 is 0 Å². The molecule has 0 aliphatic carbocycles. The summed E-state index contributed by atoms with van der Waals surface area (Å²) in [5, 5.41) is 9.40. The van der Waals surface area contributed by atoms with Crippen molar-refractivity contribution in [3.8, 4) is 6.07 Å². The number of hydrogen-bond acceptors (Lipinski definition) is 3. The van der Waals surface area contributed by atoms with Gasteiger partial charge >= 0.3 is 10.2 Å². The Labute approximate surface area is 124 Å². The summed E-state index contributed by atoms with van der Waals surface area (Å²) >= 11 is 5.85. The third-order valence-corrected chi connectivity index (χ3v) is 5.03. The number of nitrogens with zero attached hydrogens (tertiary/aromatic N) is 2. The Morgan fingerprint density at radius 3 is 2.90 bits per heavy atom. The molecular formula is C13H16ClN3O2S. The zero-order chi connectivity index (χ0) is 14.8. The lowest BCUT2D eigenvalue weighted by atomic mass is 10.0. The molecule has 108 valence electrons. The number of anilines is 1. The molecule has 0 bridgehead atoms. The molecule has 0 aromatic heterocycles. The Hall–Kier alpha value is -1.29. The third kappa shape index (κ3) is 3.42. The number of nitriles is 1. The van der Waals surface area contributed by atoms with E-state index in [1.165, 1.54) is 16.4 Å². The van der Waals surface area contributed by atoms with Gasteiger partial charge in [-0.15, -0.1) is 0 Å². The first-order valence-electron chi connectivity index (χ1n) is 6.40. The minimum atomic E-state index is -3.65. The van der Waals surface area contributed by atoms with Crippen LogP contribution in [0.1, 0.15) is 25.3 Å². The van der Waals surface area contributed by atoms with E-state index < -0.39 is 10.2 Å². The second kappa shape index (κ2) is 6.00. The molecule has 1 aliphatic rings. The highest BCUT2D eigenvalue weighted by Gasteiger charge is 2.27. The molecule has 1 saturated heterocycles. The maximum atomic E-state index is 12.3. The summed E-state index contributed by atoms with van der Waals surface area (Å²) in [5.41, 5.74) is 0.473. The van der Waals surface area contributed by atoms with Crippen molar-refractivity contribution in [1.29, 1.82) is 5.26 Å². The summed E-state index contributed by atoms with van der Waals surface area (Å²) in [7, 11) is -3.65. The van der Waals surface area contributed by atoms with Gasteiger partial charge in [0.05, 0.1) is 11.3 Å². The van der Waals surface area contributed by atoms with Gasteiger partial charge in [-0.2, -0.15) is 18.0 Å². The molecule has 0 radical (unpaired) electrons. The number of halogens is 1. The van der Waals surface area contributed by atoms with Crippen LogP contribution in [0.5, 0.6) is 0 Å². The van der Waals surface area contributed by atoms with Crippen LogP contribution in [-0.4, -0.2) is 25.8 Å². The predicted octanol–water partition coefficient (Wildman–Crippen LogP) is 2.60. The topological polar surface area (TPSA) is 73.2 Å². The van der Waals surface area contributed by atoms with Crippen LogP contribution in [0.4, 0.5) is 5.69 Å². The highest BCUT2D eigenvalue weighted by molar-refractivity contribution is 7.90. The van der Waals surface area contributed by atoms with E-state index in [0.717, 1.165) is 12.8 Å². The lowest BCUT2D eigenvalue weighted by molar-refractivity contribution is 0.282. The molecule has 1 atom stereocenters. The Morgan fingerprint density at radius 2 is 2.25 bits per heavy atom. The van der Waals surface area contributed by atoms with Gasteiger partial charge in [0.25, 0.3) is 0 Å². The molecule has 1 unspecified atom stereocenters. The zero-order valence-corrected chi connectivity index (χ0v) is 12.7. The van der Waals surface area contributed by atoms with Crippen LogP contribution in [-0.2, 0) is 10.2 Å². The smallest absolute Gasteiger partial charge is 0.270 e. The Bertz CT molecular complexity index is 640. The molecular weight excluding hydrogens is 298 g/mol. The van der Waals surface area contributed by atoms with Crippen LogP contribution in [0.25, 0.3) is 0 Å². The largest absolute Gasteiger partial charge is 0.301 e. The maximum Gasteiger partial charge on any atom is 0.301 e. The molecule has 0 amide bonds. The SMILES string of the molecule is CC1CCCN(S(=O)(=O)Nc2cc(Cl)ccc2C#N)C1. The van der Waals surface area contributed by atoms with Crippen molar-refractivity contribution in [1.82, 2.24) is 4.31 Å². The van der Waals surface area contributed by atoms with Gasteiger partial charge in [-0.3, -0.25) is 4.72 Å². The summed E-state index contributed by atoms with van der Waals surface area (Å²) in [5.74, 6) is 0.343. The van der Waals surface area contributed by atoms with Gasteiger partial charge in [0.2, 0.25) is 0 Å². The summed E-state index contributed by atoms with van der Waals surface area (Å²) in [6.07, 6.45) is 1.88. The van der Waals surface area contributed by atoms with Crippen LogP contribution in [0.3, 0.4) is 0 Å². The van der Waals surface area contributed by atoms with Crippen molar-refractivity contribution in [3.05, 3.63) is 28.8 Å². The molecule has 0 spiro atoms. The number of rotatable bonds is 3. The lowest BCUT2D eigenvalue weighted by Gasteiger charge is -2.30. The van der Waals surface area contributed by atoms with Gasteiger partial charge in [0.15, 0.2) is 0 Å². The van der Waals surface area contributed by atoms with E-state index in [9.17, 15) is 8.42 Å². The highest BCUT2D eigenvalue weighted by atomic mass is 35.5. The Morgan fingerprint density at radius 1 is 1.50 bits per heavy atom. The van der Waals surface area contributed by atoms with Crippen LogP contribution in [0, 0.1) is 17.2 Å².